The first-order valence-corrected chi connectivity index (χ1v) is 8.46. The third-order valence-corrected chi connectivity index (χ3v) is 3.37. The van der Waals surface area contributed by atoms with Gasteiger partial charge in [-0.15, -0.1) is 0 Å². The molecule has 5 nitrogen and oxygen atoms in total. The fourth-order valence-corrected chi connectivity index (χ4v) is 2.07. The highest BCUT2D eigenvalue weighted by atomic mass is 32.2. The summed E-state index contributed by atoms with van der Waals surface area (Å²) in [5, 5.41) is 6.55. The number of guanidine groups is 1. The zero-order chi connectivity index (χ0) is 13.8. The van der Waals surface area contributed by atoms with Crippen molar-refractivity contribution in [1.82, 2.24) is 10.6 Å². The van der Waals surface area contributed by atoms with Crippen LogP contribution in [0.3, 0.4) is 0 Å². The number of hydrogen-bond acceptors (Lipinski definition) is 4. The van der Waals surface area contributed by atoms with Crippen molar-refractivity contribution in [3.8, 4) is 0 Å². The van der Waals surface area contributed by atoms with Crippen molar-refractivity contribution in [2.45, 2.75) is 25.9 Å². The normalized spacial score (nSPS) is 19.7. The minimum absolute atomic E-state index is 0.303. The van der Waals surface area contributed by atoms with Gasteiger partial charge in [0.05, 0.1) is 12.7 Å². The lowest BCUT2D eigenvalue weighted by atomic mass is 10.3. The average Bonchev–Trinajstić information content (AvgIpc) is 2.91. The smallest absolute Gasteiger partial charge is 0.191 e. The third kappa shape index (κ3) is 8.34. The molecule has 1 rings (SSSR count). The largest absolute Gasteiger partial charge is 0.379 e. The predicted octanol–water partition coefficient (Wildman–Crippen LogP) is 1.10. The highest BCUT2D eigenvalue weighted by molar-refractivity contribution is 7.98. The Morgan fingerprint density at radius 1 is 1.47 bits per heavy atom. The molecule has 0 aromatic rings. The van der Waals surface area contributed by atoms with Gasteiger partial charge in [0.15, 0.2) is 5.96 Å². The molecule has 0 bridgehead atoms. The van der Waals surface area contributed by atoms with E-state index in [2.05, 4.69) is 28.8 Å². The molecule has 1 atom stereocenters. The fraction of sp³-hybridized carbons (Fsp3) is 0.923. The van der Waals surface area contributed by atoms with Crippen LogP contribution < -0.4 is 10.6 Å². The minimum atomic E-state index is 0.303. The van der Waals surface area contributed by atoms with E-state index in [1.807, 2.05) is 11.8 Å². The number of nitrogens with zero attached hydrogens (tertiary/aromatic N) is 1. The average molecular weight is 289 g/mol. The Morgan fingerprint density at radius 2 is 2.37 bits per heavy atom. The molecule has 6 heteroatoms. The molecule has 0 aromatic heterocycles. The number of ether oxygens (including phenoxy) is 2. The quantitative estimate of drug-likeness (QED) is 0.378. The van der Waals surface area contributed by atoms with Gasteiger partial charge in [-0.3, -0.25) is 4.99 Å². The summed E-state index contributed by atoms with van der Waals surface area (Å²) in [4.78, 5) is 4.52. The van der Waals surface area contributed by atoms with Crippen molar-refractivity contribution in [2.75, 3.05) is 51.5 Å². The summed E-state index contributed by atoms with van der Waals surface area (Å²) in [5.41, 5.74) is 0. The van der Waals surface area contributed by atoms with E-state index in [-0.39, 0.29) is 0 Å². The summed E-state index contributed by atoms with van der Waals surface area (Å²) < 4.78 is 11.0. The first-order chi connectivity index (χ1) is 9.36. The molecule has 1 fully saturated rings. The van der Waals surface area contributed by atoms with Gasteiger partial charge in [-0.1, -0.05) is 0 Å². The van der Waals surface area contributed by atoms with Gasteiger partial charge in [-0.05, 0) is 26.0 Å². The number of hydrogen-bond donors (Lipinski definition) is 2. The molecular formula is C13H27N3O2S. The van der Waals surface area contributed by atoms with E-state index in [0.717, 1.165) is 64.0 Å². The number of nitrogens with one attached hydrogen (secondary N) is 2. The van der Waals surface area contributed by atoms with Gasteiger partial charge >= 0.3 is 0 Å². The van der Waals surface area contributed by atoms with Gasteiger partial charge in [0.25, 0.3) is 0 Å². The Kier molecular flexibility index (Phi) is 9.93. The number of rotatable bonds is 9. The molecule has 0 spiro atoms. The molecule has 112 valence electrons. The van der Waals surface area contributed by atoms with Gasteiger partial charge in [0.2, 0.25) is 0 Å². The van der Waals surface area contributed by atoms with E-state index < -0.39 is 0 Å². The van der Waals surface area contributed by atoms with E-state index in [9.17, 15) is 0 Å². The third-order valence-electron chi connectivity index (χ3n) is 2.76. The molecule has 1 unspecified atom stereocenters. The van der Waals surface area contributed by atoms with Crippen LogP contribution in [-0.2, 0) is 9.47 Å². The van der Waals surface area contributed by atoms with Crippen molar-refractivity contribution in [3.05, 3.63) is 0 Å². The summed E-state index contributed by atoms with van der Waals surface area (Å²) in [6.45, 7) is 7.07. The number of thioether (sulfide) groups is 1. The Balaban J connectivity index is 2.07. The minimum Gasteiger partial charge on any atom is -0.379 e. The SMILES string of the molecule is CCNC(=NCCCOC1CCOC1)NCCSC. The second-order valence-corrected chi connectivity index (χ2v) is 5.38. The van der Waals surface area contributed by atoms with Crippen LogP contribution in [0.5, 0.6) is 0 Å². The van der Waals surface area contributed by atoms with Crippen molar-refractivity contribution in [3.63, 3.8) is 0 Å². The van der Waals surface area contributed by atoms with Gasteiger partial charge in [0.1, 0.15) is 0 Å². The van der Waals surface area contributed by atoms with Crippen molar-refractivity contribution < 1.29 is 9.47 Å². The highest BCUT2D eigenvalue weighted by Crippen LogP contribution is 2.07. The maximum absolute atomic E-state index is 5.70. The Labute approximate surface area is 120 Å². The molecule has 0 amide bonds. The van der Waals surface area contributed by atoms with Crippen LogP contribution in [0, 0.1) is 0 Å². The van der Waals surface area contributed by atoms with Gasteiger partial charge in [0, 0.05) is 38.6 Å². The zero-order valence-corrected chi connectivity index (χ0v) is 12.9. The van der Waals surface area contributed by atoms with Crippen LogP contribution in [0.25, 0.3) is 0 Å². The van der Waals surface area contributed by atoms with Gasteiger partial charge in [-0.25, -0.2) is 0 Å². The van der Waals surface area contributed by atoms with E-state index in [4.69, 9.17) is 9.47 Å². The molecule has 0 saturated carbocycles. The molecule has 1 saturated heterocycles. The number of aliphatic imine (C=N–C) groups is 1. The highest BCUT2D eigenvalue weighted by Gasteiger charge is 2.15. The van der Waals surface area contributed by atoms with E-state index >= 15 is 0 Å². The summed E-state index contributed by atoms with van der Waals surface area (Å²) in [6.07, 6.45) is 4.39. The standard InChI is InChI=1S/C13H27N3O2S/c1-3-14-13(16-7-10-19-2)15-6-4-8-18-12-5-9-17-11-12/h12H,3-11H2,1-2H3,(H2,14,15,16). The molecule has 0 aromatic carbocycles. The molecule has 19 heavy (non-hydrogen) atoms. The molecular weight excluding hydrogens is 262 g/mol. The van der Waals surface area contributed by atoms with Crippen molar-refractivity contribution in [2.24, 2.45) is 4.99 Å². The summed E-state index contributed by atoms with van der Waals surface area (Å²) in [5.74, 6) is 2.00. The molecule has 1 aliphatic rings. The monoisotopic (exact) mass is 289 g/mol. The van der Waals surface area contributed by atoms with Crippen LogP contribution in [0.2, 0.25) is 0 Å². The first-order valence-electron chi connectivity index (χ1n) is 7.07. The second kappa shape index (κ2) is 11.4. The van der Waals surface area contributed by atoms with E-state index in [1.165, 1.54) is 0 Å². The summed E-state index contributed by atoms with van der Waals surface area (Å²) in [6, 6.07) is 0. The van der Waals surface area contributed by atoms with Gasteiger partial charge < -0.3 is 20.1 Å². The Hall–Kier alpha value is -0.460. The van der Waals surface area contributed by atoms with Crippen LogP contribution in [0.15, 0.2) is 4.99 Å². The molecule has 2 N–H and O–H groups in total. The zero-order valence-electron chi connectivity index (χ0n) is 12.1. The Morgan fingerprint density at radius 3 is 3.05 bits per heavy atom. The fourth-order valence-electron chi connectivity index (χ4n) is 1.76. The van der Waals surface area contributed by atoms with Crippen LogP contribution in [0.4, 0.5) is 0 Å². The first kappa shape index (κ1) is 16.6. The topological polar surface area (TPSA) is 54.9 Å². The maximum atomic E-state index is 5.70. The lowest BCUT2D eigenvalue weighted by Gasteiger charge is -2.11. The van der Waals surface area contributed by atoms with Gasteiger partial charge in [-0.2, -0.15) is 11.8 Å². The lowest BCUT2D eigenvalue weighted by Crippen LogP contribution is -2.38. The summed E-state index contributed by atoms with van der Waals surface area (Å²) >= 11 is 1.83. The predicted molar refractivity (Wildman–Crippen MR) is 82.2 cm³/mol. The lowest BCUT2D eigenvalue weighted by molar-refractivity contribution is 0.0424. The van der Waals surface area contributed by atoms with Crippen molar-refractivity contribution in [1.29, 1.82) is 0 Å². The summed E-state index contributed by atoms with van der Waals surface area (Å²) in [7, 11) is 0. The van der Waals surface area contributed by atoms with Crippen LogP contribution in [0.1, 0.15) is 19.8 Å². The molecule has 1 heterocycles. The molecule has 0 aliphatic carbocycles. The maximum Gasteiger partial charge on any atom is 0.191 e. The molecule has 1 aliphatic heterocycles. The van der Waals surface area contributed by atoms with Crippen molar-refractivity contribution >= 4 is 17.7 Å². The van der Waals surface area contributed by atoms with E-state index in [1.54, 1.807) is 0 Å². The van der Waals surface area contributed by atoms with Crippen LogP contribution in [-0.4, -0.2) is 63.5 Å². The molecule has 0 radical (unpaired) electrons. The van der Waals surface area contributed by atoms with E-state index in [0.29, 0.717) is 6.10 Å². The second-order valence-electron chi connectivity index (χ2n) is 4.39. The Bertz CT molecular complexity index is 246. The van der Waals surface area contributed by atoms with Crippen LogP contribution >= 0.6 is 11.8 Å².